The van der Waals surface area contributed by atoms with Gasteiger partial charge in [-0.3, -0.25) is 15.0 Å². The molecule has 0 spiro atoms. The molecule has 138 valence electrons. The fourth-order valence-electron chi connectivity index (χ4n) is 2.75. The summed E-state index contributed by atoms with van der Waals surface area (Å²) >= 11 is 0. The highest BCUT2D eigenvalue weighted by molar-refractivity contribution is 6.45. The zero-order chi connectivity index (χ0) is 19.1. The summed E-state index contributed by atoms with van der Waals surface area (Å²) in [6.07, 6.45) is 4.27. The van der Waals surface area contributed by atoms with E-state index in [-0.39, 0.29) is 30.6 Å². The maximum absolute atomic E-state index is 12.5. The van der Waals surface area contributed by atoms with E-state index in [0.717, 1.165) is 6.42 Å². The summed E-state index contributed by atoms with van der Waals surface area (Å²) in [7, 11) is 0. The van der Waals surface area contributed by atoms with E-state index < -0.39 is 17.8 Å². The second kappa shape index (κ2) is 8.89. The van der Waals surface area contributed by atoms with Gasteiger partial charge in [-0.25, -0.2) is 9.78 Å². The van der Waals surface area contributed by atoms with Gasteiger partial charge in [-0.15, -0.1) is 0 Å². The molecule has 1 amide bonds. The molecular formula is C18H22N4O4. The molecule has 8 heteroatoms. The minimum atomic E-state index is -0.594. The molecule has 1 atom stereocenters. The third-order valence-corrected chi connectivity index (χ3v) is 4.02. The topological polar surface area (TPSA) is 112 Å². The zero-order valence-corrected chi connectivity index (χ0v) is 14.7. The number of hydrogen-bond donors (Lipinski definition) is 2. The molecule has 1 saturated heterocycles. The molecule has 2 heterocycles. The number of nitrogens with zero attached hydrogens (tertiary/aromatic N) is 2. The number of pyridine rings is 1. The Morgan fingerprint density at radius 2 is 2.27 bits per heavy atom. The molecule has 0 unspecified atom stereocenters. The van der Waals surface area contributed by atoms with Crippen molar-refractivity contribution in [2.24, 2.45) is 0 Å². The van der Waals surface area contributed by atoms with Crippen LogP contribution in [0.4, 0.5) is 5.82 Å². The zero-order valence-electron chi connectivity index (χ0n) is 14.7. The monoisotopic (exact) mass is 358 g/mol. The Morgan fingerprint density at radius 1 is 1.50 bits per heavy atom. The van der Waals surface area contributed by atoms with Crippen molar-refractivity contribution in [3.05, 3.63) is 36.5 Å². The van der Waals surface area contributed by atoms with Crippen LogP contribution in [0.1, 0.15) is 25.3 Å². The number of ether oxygens (including phenoxy) is 1. The number of hydrogen-bond acceptors (Lipinski definition) is 7. The molecule has 0 saturated carbocycles. The summed E-state index contributed by atoms with van der Waals surface area (Å²) < 4.78 is 5.05. The summed E-state index contributed by atoms with van der Waals surface area (Å²) in [5.74, 6) is -0.815. The molecule has 1 aliphatic heterocycles. The van der Waals surface area contributed by atoms with Crippen LogP contribution in [0, 0.1) is 5.41 Å². The largest absolute Gasteiger partial charge is 0.460 e. The van der Waals surface area contributed by atoms with E-state index >= 15 is 0 Å². The second-order valence-electron chi connectivity index (χ2n) is 5.85. The molecule has 26 heavy (non-hydrogen) atoms. The van der Waals surface area contributed by atoms with E-state index in [4.69, 9.17) is 10.1 Å². The fourth-order valence-corrected chi connectivity index (χ4v) is 2.75. The van der Waals surface area contributed by atoms with Gasteiger partial charge in [-0.2, -0.15) is 0 Å². The molecule has 0 aliphatic carbocycles. The van der Waals surface area contributed by atoms with Crippen LogP contribution in [0.5, 0.6) is 0 Å². The van der Waals surface area contributed by atoms with Gasteiger partial charge in [0, 0.05) is 25.2 Å². The highest BCUT2D eigenvalue weighted by atomic mass is 16.5. The van der Waals surface area contributed by atoms with Crippen LogP contribution < -0.4 is 5.32 Å². The molecule has 1 fully saturated rings. The van der Waals surface area contributed by atoms with Crippen molar-refractivity contribution in [3.63, 3.8) is 0 Å². The van der Waals surface area contributed by atoms with Crippen molar-refractivity contribution in [3.8, 4) is 0 Å². The highest BCUT2D eigenvalue weighted by Crippen LogP contribution is 2.19. The van der Waals surface area contributed by atoms with Crippen LogP contribution >= 0.6 is 0 Å². The van der Waals surface area contributed by atoms with Gasteiger partial charge in [0.15, 0.2) is 5.78 Å². The number of ketones is 1. The van der Waals surface area contributed by atoms with Crippen molar-refractivity contribution in [1.29, 1.82) is 5.41 Å². The standard InChI is InChI=1S/C18H22N4O4/c1-3-10-26-18(25)14-7-5-9-22(14)15(24)11-21-17-13(6-4-8-20-17)16(19)12(2)23/h3-4,6,8,14,19H,1,5,7,9-11H2,2H3,(H,20,21)/t14-/m0/s1. The maximum Gasteiger partial charge on any atom is 0.329 e. The molecule has 0 aromatic carbocycles. The Morgan fingerprint density at radius 3 is 2.96 bits per heavy atom. The van der Waals surface area contributed by atoms with Crippen molar-refractivity contribution in [2.45, 2.75) is 25.8 Å². The first-order valence-electron chi connectivity index (χ1n) is 8.31. The average molecular weight is 358 g/mol. The lowest BCUT2D eigenvalue weighted by Crippen LogP contribution is -2.44. The fraction of sp³-hybridized carbons (Fsp3) is 0.389. The number of esters is 1. The Bertz CT molecular complexity index is 732. The van der Waals surface area contributed by atoms with Crippen LogP contribution in [0.25, 0.3) is 0 Å². The number of aromatic nitrogens is 1. The number of Topliss-reactive ketones (excluding diaryl/α,β-unsaturated/α-hetero) is 1. The van der Waals surface area contributed by atoms with E-state index in [9.17, 15) is 14.4 Å². The van der Waals surface area contributed by atoms with Gasteiger partial charge in [0.2, 0.25) is 5.91 Å². The maximum atomic E-state index is 12.5. The minimum absolute atomic E-state index is 0.0968. The summed E-state index contributed by atoms with van der Waals surface area (Å²) in [5.41, 5.74) is 0.149. The lowest BCUT2D eigenvalue weighted by Gasteiger charge is -2.23. The van der Waals surface area contributed by atoms with Crippen molar-refractivity contribution >= 4 is 29.2 Å². The first-order valence-corrected chi connectivity index (χ1v) is 8.31. The summed E-state index contributed by atoms with van der Waals surface area (Å²) in [4.78, 5) is 41.6. The first-order chi connectivity index (χ1) is 12.5. The predicted molar refractivity (Wildman–Crippen MR) is 96.1 cm³/mol. The normalized spacial score (nSPS) is 16.0. The third kappa shape index (κ3) is 4.53. The number of rotatable bonds is 8. The van der Waals surface area contributed by atoms with Gasteiger partial charge < -0.3 is 15.0 Å². The van der Waals surface area contributed by atoms with Gasteiger partial charge in [0.05, 0.1) is 6.54 Å². The summed E-state index contributed by atoms with van der Waals surface area (Å²) in [6, 6.07) is 2.61. The predicted octanol–water partition coefficient (Wildman–Crippen LogP) is 1.17. The van der Waals surface area contributed by atoms with E-state index in [1.807, 2.05) is 0 Å². The minimum Gasteiger partial charge on any atom is -0.460 e. The van der Waals surface area contributed by atoms with Crippen molar-refractivity contribution < 1.29 is 19.1 Å². The lowest BCUT2D eigenvalue weighted by molar-refractivity contribution is -0.151. The average Bonchev–Trinajstić information content (AvgIpc) is 3.13. The molecule has 8 nitrogen and oxygen atoms in total. The van der Waals surface area contributed by atoms with Crippen LogP contribution in [-0.2, 0) is 19.1 Å². The molecule has 2 N–H and O–H groups in total. The van der Waals surface area contributed by atoms with Crippen LogP contribution in [0.3, 0.4) is 0 Å². The van der Waals surface area contributed by atoms with E-state index in [1.165, 1.54) is 24.1 Å². The van der Waals surface area contributed by atoms with Crippen molar-refractivity contribution in [1.82, 2.24) is 9.88 Å². The number of likely N-dealkylation sites (tertiary alicyclic amines) is 1. The van der Waals surface area contributed by atoms with Crippen LogP contribution in [0.2, 0.25) is 0 Å². The van der Waals surface area contributed by atoms with Crippen LogP contribution in [-0.4, -0.2) is 59.0 Å². The smallest absolute Gasteiger partial charge is 0.329 e. The molecule has 1 aromatic rings. The molecule has 1 aromatic heterocycles. The van der Waals surface area contributed by atoms with Gasteiger partial charge in [0.25, 0.3) is 0 Å². The lowest BCUT2D eigenvalue weighted by atomic mass is 10.1. The van der Waals surface area contributed by atoms with Crippen molar-refractivity contribution in [2.75, 3.05) is 25.0 Å². The molecule has 0 bridgehead atoms. The van der Waals surface area contributed by atoms with Gasteiger partial charge in [-0.05, 0) is 25.0 Å². The number of anilines is 1. The highest BCUT2D eigenvalue weighted by Gasteiger charge is 2.34. The Hall–Kier alpha value is -3.03. The quantitative estimate of drug-likeness (QED) is 0.410. The number of amides is 1. The molecular weight excluding hydrogens is 336 g/mol. The van der Waals surface area contributed by atoms with Gasteiger partial charge >= 0.3 is 5.97 Å². The second-order valence-corrected chi connectivity index (χ2v) is 5.85. The summed E-state index contributed by atoms with van der Waals surface area (Å²) in [6.45, 7) is 5.29. The van der Waals surface area contributed by atoms with E-state index in [0.29, 0.717) is 18.5 Å². The SMILES string of the molecule is C=CCOC(=O)[C@@H]1CCCN1C(=O)CNc1ncccc1C(=N)C(C)=O. The summed E-state index contributed by atoms with van der Waals surface area (Å²) in [5, 5.41) is 10.7. The number of carbonyl (C=O) groups excluding carboxylic acids is 3. The third-order valence-electron chi connectivity index (χ3n) is 4.02. The van der Waals surface area contributed by atoms with Crippen LogP contribution in [0.15, 0.2) is 31.0 Å². The molecule has 0 radical (unpaired) electrons. The van der Waals surface area contributed by atoms with E-state index in [2.05, 4.69) is 16.9 Å². The Balaban J connectivity index is 2.02. The molecule has 1 aliphatic rings. The Labute approximate surface area is 151 Å². The van der Waals surface area contributed by atoms with Gasteiger partial charge in [-0.1, -0.05) is 12.7 Å². The van der Waals surface area contributed by atoms with E-state index in [1.54, 1.807) is 12.1 Å². The number of carbonyl (C=O) groups is 3. The Kier molecular flexibility index (Phi) is 6.60. The first kappa shape index (κ1) is 19.3. The van der Waals surface area contributed by atoms with Gasteiger partial charge in [0.1, 0.15) is 24.2 Å². The number of nitrogens with one attached hydrogen (secondary N) is 2. The molecule has 2 rings (SSSR count).